The van der Waals surface area contributed by atoms with Gasteiger partial charge in [0.15, 0.2) is 0 Å². The fourth-order valence-electron chi connectivity index (χ4n) is 2.57. The molecular weight excluding hydrogens is 288 g/mol. The first-order chi connectivity index (χ1) is 10.1. The molecule has 1 aromatic rings. The lowest BCUT2D eigenvalue weighted by atomic mass is 10.0. The predicted molar refractivity (Wildman–Crippen MR) is 84.4 cm³/mol. The number of benzene rings is 1. The van der Waals surface area contributed by atoms with E-state index in [4.69, 9.17) is 16.3 Å². The lowest BCUT2D eigenvalue weighted by Gasteiger charge is -2.22. The van der Waals surface area contributed by atoms with Crippen LogP contribution in [0, 0.1) is 5.92 Å². The fraction of sp³-hybridized carbons (Fsp3) is 0.562. The quantitative estimate of drug-likeness (QED) is 0.849. The average molecular weight is 311 g/mol. The van der Waals surface area contributed by atoms with E-state index in [2.05, 4.69) is 17.6 Å². The molecule has 1 aliphatic rings. The summed E-state index contributed by atoms with van der Waals surface area (Å²) in [6.07, 6.45) is 1.04. The van der Waals surface area contributed by atoms with E-state index in [0.29, 0.717) is 18.2 Å². The Kier molecular flexibility index (Phi) is 6.03. The van der Waals surface area contributed by atoms with Gasteiger partial charge in [0.05, 0.1) is 25.2 Å². The Labute approximate surface area is 131 Å². The lowest BCUT2D eigenvalue weighted by molar-refractivity contribution is -0.126. The molecule has 0 saturated carbocycles. The molecule has 2 rings (SSSR count). The van der Waals surface area contributed by atoms with Gasteiger partial charge >= 0.3 is 0 Å². The van der Waals surface area contributed by atoms with Gasteiger partial charge in [0.25, 0.3) is 0 Å². The summed E-state index contributed by atoms with van der Waals surface area (Å²) in [6, 6.07) is 7.57. The molecule has 0 aromatic heterocycles. The molecule has 3 atom stereocenters. The minimum atomic E-state index is -0.138. The highest BCUT2D eigenvalue weighted by Crippen LogP contribution is 2.23. The number of carbonyl (C=O) groups excluding carboxylic acids is 1. The topological polar surface area (TPSA) is 50.4 Å². The number of halogens is 1. The molecule has 1 aliphatic heterocycles. The van der Waals surface area contributed by atoms with Crippen LogP contribution in [0.2, 0.25) is 5.02 Å². The van der Waals surface area contributed by atoms with Gasteiger partial charge in [-0.25, -0.2) is 0 Å². The van der Waals surface area contributed by atoms with Crippen molar-refractivity contribution < 1.29 is 9.53 Å². The predicted octanol–water partition coefficient (Wildman–Crippen LogP) is 2.53. The third-order valence-electron chi connectivity index (χ3n) is 3.80. The maximum Gasteiger partial charge on any atom is 0.227 e. The van der Waals surface area contributed by atoms with Gasteiger partial charge < -0.3 is 15.4 Å². The van der Waals surface area contributed by atoms with Gasteiger partial charge in [0.2, 0.25) is 5.91 Å². The first kappa shape index (κ1) is 16.3. The molecule has 0 spiro atoms. The standard InChI is InChI=1S/C16H23ClN2O2/c1-3-8-18-15-10-21-9-13(15)16(20)19-11(2)12-6-4-5-7-14(12)17/h4-7,11,13,15,18H,3,8-10H2,1-2H3,(H,19,20)/t11-,13?,15?/m0/s1. The van der Waals surface area contributed by atoms with E-state index >= 15 is 0 Å². The van der Waals surface area contributed by atoms with E-state index in [1.54, 1.807) is 0 Å². The van der Waals surface area contributed by atoms with Crippen molar-refractivity contribution in [2.75, 3.05) is 19.8 Å². The molecular formula is C16H23ClN2O2. The number of rotatable bonds is 6. The Morgan fingerprint density at radius 2 is 2.19 bits per heavy atom. The maximum absolute atomic E-state index is 12.4. The summed E-state index contributed by atoms with van der Waals surface area (Å²) < 4.78 is 5.45. The fourth-order valence-corrected chi connectivity index (χ4v) is 2.87. The van der Waals surface area contributed by atoms with Crippen LogP contribution in [0.3, 0.4) is 0 Å². The second kappa shape index (κ2) is 7.78. The highest BCUT2D eigenvalue weighted by Gasteiger charge is 2.34. The van der Waals surface area contributed by atoms with Crippen LogP contribution in [0.4, 0.5) is 0 Å². The van der Waals surface area contributed by atoms with Crippen LogP contribution in [0.25, 0.3) is 0 Å². The van der Waals surface area contributed by atoms with Crippen LogP contribution in [-0.4, -0.2) is 31.7 Å². The molecule has 1 heterocycles. The van der Waals surface area contributed by atoms with E-state index in [-0.39, 0.29) is 23.9 Å². The van der Waals surface area contributed by atoms with Gasteiger partial charge in [-0.05, 0) is 31.5 Å². The van der Waals surface area contributed by atoms with Crippen molar-refractivity contribution in [2.24, 2.45) is 5.92 Å². The zero-order valence-electron chi connectivity index (χ0n) is 12.6. The van der Waals surface area contributed by atoms with Gasteiger partial charge in [0, 0.05) is 11.1 Å². The van der Waals surface area contributed by atoms with Crippen molar-refractivity contribution in [3.05, 3.63) is 34.9 Å². The molecule has 5 heteroatoms. The van der Waals surface area contributed by atoms with Gasteiger partial charge in [-0.15, -0.1) is 0 Å². The molecule has 2 N–H and O–H groups in total. The molecule has 0 aliphatic carbocycles. The summed E-state index contributed by atoms with van der Waals surface area (Å²) in [5.74, 6) is -0.116. The SMILES string of the molecule is CCCNC1COCC1C(=O)N[C@@H](C)c1ccccc1Cl. The lowest BCUT2D eigenvalue weighted by Crippen LogP contribution is -2.44. The van der Waals surface area contributed by atoms with E-state index in [9.17, 15) is 4.79 Å². The average Bonchev–Trinajstić information content (AvgIpc) is 2.93. The maximum atomic E-state index is 12.4. The molecule has 21 heavy (non-hydrogen) atoms. The van der Waals surface area contributed by atoms with Crippen molar-refractivity contribution in [3.63, 3.8) is 0 Å². The van der Waals surface area contributed by atoms with Crippen molar-refractivity contribution in [1.82, 2.24) is 10.6 Å². The number of amides is 1. The Bertz CT molecular complexity index is 481. The van der Waals surface area contributed by atoms with Gasteiger partial charge in [0.1, 0.15) is 0 Å². The Morgan fingerprint density at radius 3 is 2.90 bits per heavy atom. The summed E-state index contributed by atoms with van der Waals surface area (Å²) in [7, 11) is 0. The third-order valence-corrected chi connectivity index (χ3v) is 4.15. The smallest absolute Gasteiger partial charge is 0.227 e. The first-order valence-corrected chi connectivity index (χ1v) is 7.87. The number of hydrogen-bond donors (Lipinski definition) is 2. The number of ether oxygens (including phenoxy) is 1. The second-order valence-corrected chi connectivity index (χ2v) is 5.86. The van der Waals surface area contributed by atoms with Crippen LogP contribution in [0.1, 0.15) is 31.9 Å². The van der Waals surface area contributed by atoms with Crippen molar-refractivity contribution >= 4 is 17.5 Å². The number of nitrogens with one attached hydrogen (secondary N) is 2. The Balaban J connectivity index is 1.96. The van der Waals surface area contributed by atoms with Crippen LogP contribution in [0.5, 0.6) is 0 Å². The molecule has 1 fully saturated rings. The second-order valence-electron chi connectivity index (χ2n) is 5.46. The van der Waals surface area contributed by atoms with Gasteiger partial charge in [-0.1, -0.05) is 36.7 Å². The van der Waals surface area contributed by atoms with Crippen LogP contribution < -0.4 is 10.6 Å². The summed E-state index contributed by atoms with van der Waals surface area (Å²) in [5.41, 5.74) is 0.935. The highest BCUT2D eigenvalue weighted by molar-refractivity contribution is 6.31. The molecule has 116 valence electrons. The van der Waals surface area contributed by atoms with Crippen LogP contribution in [0.15, 0.2) is 24.3 Å². The van der Waals surface area contributed by atoms with Crippen molar-refractivity contribution in [3.8, 4) is 0 Å². The first-order valence-electron chi connectivity index (χ1n) is 7.49. The molecule has 2 unspecified atom stereocenters. The van der Waals surface area contributed by atoms with Crippen molar-refractivity contribution in [2.45, 2.75) is 32.4 Å². The molecule has 1 amide bonds. The summed E-state index contributed by atoms with van der Waals surface area (Å²) in [6.45, 7) is 6.03. The highest BCUT2D eigenvalue weighted by atomic mass is 35.5. The molecule has 0 bridgehead atoms. The van der Waals surface area contributed by atoms with Crippen LogP contribution in [-0.2, 0) is 9.53 Å². The minimum Gasteiger partial charge on any atom is -0.379 e. The molecule has 1 aromatic carbocycles. The Hall–Kier alpha value is -1.10. The summed E-state index contributed by atoms with van der Waals surface area (Å²) >= 11 is 6.17. The van der Waals surface area contributed by atoms with Crippen LogP contribution >= 0.6 is 11.6 Å². The van der Waals surface area contributed by atoms with E-state index in [1.807, 2.05) is 31.2 Å². The normalized spacial score (nSPS) is 23.0. The Morgan fingerprint density at radius 1 is 1.43 bits per heavy atom. The van der Waals surface area contributed by atoms with Crippen molar-refractivity contribution in [1.29, 1.82) is 0 Å². The van der Waals surface area contributed by atoms with E-state index in [0.717, 1.165) is 18.5 Å². The molecule has 1 saturated heterocycles. The van der Waals surface area contributed by atoms with E-state index in [1.165, 1.54) is 0 Å². The van der Waals surface area contributed by atoms with E-state index < -0.39 is 0 Å². The molecule has 4 nitrogen and oxygen atoms in total. The summed E-state index contributed by atoms with van der Waals surface area (Å²) in [5, 5.41) is 7.09. The van der Waals surface area contributed by atoms with Gasteiger partial charge in [-0.2, -0.15) is 0 Å². The zero-order valence-corrected chi connectivity index (χ0v) is 13.3. The zero-order chi connectivity index (χ0) is 15.2. The number of carbonyl (C=O) groups is 1. The summed E-state index contributed by atoms with van der Waals surface area (Å²) in [4.78, 5) is 12.4. The minimum absolute atomic E-state index is 0.0218. The van der Waals surface area contributed by atoms with Gasteiger partial charge in [-0.3, -0.25) is 4.79 Å². The third kappa shape index (κ3) is 4.19. The number of hydrogen-bond acceptors (Lipinski definition) is 3. The monoisotopic (exact) mass is 310 g/mol. The molecule has 0 radical (unpaired) electrons. The largest absolute Gasteiger partial charge is 0.379 e.